The molecule has 1 fully saturated rings. The van der Waals surface area contributed by atoms with Crippen LogP contribution in [0.25, 0.3) is 0 Å². The Hall–Kier alpha value is -1.59. The van der Waals surface area contributed by atoms with Gasteiger partial charge in [-0.1, -0.05) is 12.1 Å². The predicted molar refractivity (Wildman–Crippen MR) is 73.4 cm³/mol. The molecule has 0 bridgehead atoms. The fraction of sp³-hybridized carbons (Fsp3) is 0.500. The summed E-state index contributed by atoms with van der Waals surface area (Å²) in [6.07, 6.45) is 1.12. The summed E-state index contributed by atoms with van der Waals surface area (Å²) in [6.45, 7) is 2.73. The van der Waals surface area contributed by atoms with Crippen molar-refractivity contribution in [2.75, 3.05) is 38.7 Å². The van der Waals surface area contributed by atoms with Crippen molar-refractivity contribution in [3.8, 4) is 5.75 Å². The summed E-state index contributed by atoms with van der Waals surface area (Å²) in [4.78, 5) is 11.7. The zero-order valence-corrected chi connectivity index (χ0v) is 11.1. The van der Waals surface area contributed by atoms with Crippen LogP contribution in [0, 0.1) is 5.92 Å². The van der Waals surface area contributed by atoms with Crippen LogP contribution in [0.3, 0.4) is 0 Å². The third kappa shape index (κ3) is 4.22. The second-order valence-electron chi connectivity index (χ2n) is 4.62. The van der Waals surface area contributed by atoms with Crippen LogP contribution in [-0.2, 0) is 9.53 Å². The highest BCUT2D eigenvalue weighted by Crippen LogP contribution is 2.22. The maximum Gasteiger partial charge on any atom is 0.250 e. The minimum Gasteiger partial charge on any atom is -0.495 e. The van der Waals surface area contributed by atoms with Crippen LogP contribution in [-0.4, -0.2) is 39.3 Å². The molecule has 0 saturated carbocycles. The molecule has 104 valence electrons. The molecule has 1 heterocycles. The molecule has 2 rings (SSSR count). The highest BCUT2D eigenvalue weighted by molar-refractivity contribution is 5.93. The number of amides is 1. The van der Waals surface area contributed by atoms with Crippen molar-refractivity contribution in [3.63, 3.8) is 0 Å². The Bertz CT molecular complexity index is 417. The van der Waals surface area contributed by atoms with E-state index in [0.29, 0.717) is 24.0 Å². The van der Waals surface area contributed by atoms with Crippen LogP contribution in [0.15, 0.2) is 24.3 Å². The Kier molecular flexibility index (Phi) is 5.18. The fourth-order valence-corrected chi connectivity index (χ4v) is 2.11. The Labute approximate surface area is 113 Å². The molecule has 1 aliphatic heterocycles. The van der Waals surface area contributed by atoms with Crippen LogP contribution < -0.4 is 15.4 Å². The van der Waals surface area contributed by atoms with Crippen molar-refractivity contribution < 1.29 is 14.3 Å². The lowest BCUT2D eigenvalue weighted by Crippen LogP contribution is -2.21. The molecule has 19 heavy (non-hydrogen) atoms. The van der Waals surface area contributed by atoms with Gasteiger partial charge in [-0.15, -0.1) is 0 Å². The summed E-state index contributed by atoms with van der Waals surface area (Å²) in [5, 5.41) is 6.05. The van der Waals surface area contributed by atoms with E-state index in [1.807, 2.05) is 12.1 Å². The van der Waals surface area contributed by atoms with E-state index >= 15 is 0 Å². The lowest BCUT2D eigenvalue weighted by Gasteiger charge is -2.11. The summed E-state index contributed by atoms with van der Waals surface area (Å²) in [5.41, 5.74) is 0.668. The first-order valence-electron chi connectivity index (χ1n) is 6.51. The van der Waals surface area contributed by atoms with Crippen LogP contribution >= 0.6 is 0 Å². The lowest BCUT2D eigenvalue weighted by molar-refractivity contribution is -0.121. The minimum atomic E-state index is -0.157. The molecule has 2 N–H and O–H groups in total. The van der Waals surface area contributed by atoms with Gasteiger partial charge in [0, 0.05) is 6.54 Å². The summed E-state index contributed by atoms with van der Waals surface area (Å²) < 4.78 is 10.6. The highest BCUT2D eigenvalue weighted by Gasteiger charge is 2.15. The number of hydrogen-bond donors (Lipinski definition) is 2. The molecule has 1 unspecified atom stereocenters. The number of anilines is 1. The Morgan fingerprint density at radius 3 is 3.05 bits per heavy atom. The predicted octanol–water partition coefficient (Wildman–Crippen LogP) is 1.26. The molecule has 0 aliphatic carbocycles. The number of nitrogens with one attached hydrogen (secondary N) is 2. The van der Waals surface area contributed by atoms with Gasteiger partial charge in [0.1, 0.15) is 12.4 Å². The normalized spacial score (nSPS) is 18.3. The third-order valence-corrected chi connectivity index (χ3v) is 3.13. The number of ether oxygens (including phenoxy) is 2. The zero-order valence-electron chi connectivity index (χ0n) is 11.1. The summed E-state index contributed by atoms with van der Waals surface area (Å²) >= 11 is 0. The zero-order chi connectivity index (χ0) is 13.5. The molecular weight excluding hydrogens is 244 g/mol. The van der Waals surface area contributed by atoms with Crippen LogP contribution in [0.4, 0.5) is 5.69 Å². The minimum absolute atomic E-state index is 0.0779. The topological polar surface area (TPSA) is 59.6 Å². The molecule has 0 radical (unpaired) electrons. The standard InChI is InChI=1S/C14H20N2O3/c1-18-13-5-3-2-4-12(13)16-14(17)10-19-9-11-6-7-15-8-11/h2-5,11,15H,6-10H2,1H3,(H,16,17). The molecule has 0 spiro atoms. The van der Waals surface area contributed by atoms with Crippen molar-refractivity contribution in [1.29, 1.82) is 0 Å². The lowest BCUT2D eigenvalue weighted by atomic mass is 10.1. The second kappa shape index (κ2) is 7.11. The van der Waals surface area contributed by atoms with Gasteiger partial charge in [0.05, 0.1) is 19.4 Å². The molecule has 5 nitrogen and oxygen atoms in total. The van der Waals surface area contributed by atoms with Crippen molar-refractivity contribution in [3.05, 3.63) is 24.3 Å². The Balaban J connectivity index is 1.74. The first-order chi connectivity index (χ1) is 9.29. The number of benzene rings is 1. The van der Waals surface area contributed by atoms with E-state index in [0.717, 1.165) is 19.5 Å². The quantitative estimate of drug-likeness (QED) is 0.812. The van der Waals surface area contributed by atoms with Crippen molar-refractivity contribution >= 4 is 11.6 Å². The first-order valence-corrected chi connectivity index (χ1v) is 6.51. The third-order valence-electron chi connectivity index (χ3n) is 3.13. The van der Waals surface area contributed by atoms with Crippen molar-refractivity contribution in [2.24, 2.45) is 5.92 Å². The van der Waals surface area contributed by atoms with E-state index in [1.165, 1.54) is 0 Å². The molecule has 5 heteroatoms. The van der Waals surface area contributed by atoms with Gasteiger partial charge in [0.15, 0.2) is 0 Å². The fourth-order valence-electron chi connectivity index (χ4n) is 2.11. The van der Waals surface area contributed by atoms with E-state index < -0.39 is 0 Å². The van der Waals surface area contributed by atoms with Crippen LogP contribution in [0.5, 0.6) is 5.75 Å². The highest BCUT2D eigenvalue weighted by atomic mass is 16.5. The van der Waals surface area contributed by atoms with E-state index in [9.17, 15) is 4.79 Å². The molecule has 1 aromatic rings. The van der Waals surface area contributed by atoms with Gasteiger partial charge in [0.25, 0.3) is 0 Å². The molecule has 1 atom stereocenters. The average molecular weight is 264 g/mol. The number of methoxy groups -OCH3 is 1. The van der Waals surface area contributed by atoms with Gasteiger partial charge in [-0.05, 0) is 31.0 Å². The van der Waals surface area contributed by atoms with Gasteiger partial charge >= 0.3 is 0 Å². The van der Waals surface area contributed by atoms with Crippen molar-refractivity contribution in [2.45, 2.75) is 6.42 Å². The van der Waals surface area contributed by atoms with E-state index in [4.69, 9.17) is 9.47 Å². The number of rotatable bonds is 6. The number of para-hydroxylation sites is 2. The number of hydrogen-bond acceptors (Lipinski definition) is 4. The second-order valence-corrected chi connectivity index (χ2v) is 4.62. The molecule has 1 saturated heterocycles. The van der Waals surface area contributed by atoms with Gasteiger partial charge in [-0.2, -0.15) is 0 Å². The van der Waals surface area contributed by atoms with Gasteiger partial charge in [-0.25, -0.2) is 0 Å². The molecular formula is C14H20N2O3. The monoisotopic (exact) mass is 264 g/mol. The first kappa shape index (κ1) is 13.8. The largest absolute Gasteiger partial charge is 0.495 e. The summed E-state index contributed by atoms with van der Waals surface area (Å²) in [7, 11) is 1.58. The number of carbonyl (C=O) groups is 1. The van der Waals surface area contributed by atoms with Crippen molar-refractivity contribution in [1.82, 2.24) is 5.32 Å². The van der Waals surface area contributed by atoms with E-state index in [1.54, 1.807) is 19.2 Å². The SMILES string of the molecule is COc1ccccc1NC(=O)COCC1CCNC1. The molecule has 1 amide bonds. The molecule has 1 aromatic carbocycles. The van der Waals surface area contributed by atoms with Gasteiger partial charge < -0.3 is 20.1 Å². The summed E-state index contributed by atoms with van der Waals surface area (Å²) in [5.74, 6) is 1.02. The van der Waals surface area contributed by atoms with Gasteiger partial charge in [0.2, 0.25) is 5.91 Å². The van der Waals surface area contributed by atoms with E-state index in [2.05, 4.69) is 10.6 Å². The van der Waals surface area contributed by atoms with E-state index in [-0.39, 0.29) is 12.5 Å². The van der Waals surface area contributed by atoms with Gasteiger partial charge in [-0.3, -0.25) is 4.79 Å². The average Bonchev–Trinajstić information content (AvgIpc) is 2.92. The number of carbonyl (C=O) groups excluding carboxylic acids is 1. The Morgan fingerprint density at radius 2 is 2.32 bits per heavy atom. The van der Waals surface area contributed by atoms with Crippen LogP contribution in [0.1, 0.15) is 6.42 Å². The smallest absolute Gasteiger partial charge is 0.250 e. The maximum atomic E-state index is 11.7. The maximum absolute atomic E-state index is 11.7. The van der Waals surface area contributed by atoms with Crippen LogP contribution in [0.2, 0.25) is 0 Å². The Morgan fingerprint density at radius 1 is 1.47 bits per heavy atom. The molecule has 1 aliphatic rings. The molecule has 0 aromatic heterocycles. The summed E-state index contributed by atoms with van der Waals surface area (Å²) in [6, 6.07) is 7.32.